The Balaban J connectivity index is 2.17. The molecule has 0 heterocycles. The summed E-state index contributed by atoms with van der Waals surface area (Å²) < 4.78 is 0. The molecule has 0 spiro atoms. The molecule has 0 saturated carbocycles. The molecule has 18 heavy (non-hydrogen) atoms. The van der Waals surface area contributed by atoms with Crippen molar-refractivity contribution < 1.29 is 9.90 Å². The third-order valence-electron chi connectivity index (χ3n) is 3.09. The summed E-state index contributed by atoms with van der Waals surface area (Å²) in [4.78, 5) is 12.2. The number of benzene rings is 2. The van der Waals surface area contributed by atoms with Gasteiger partial charge in [0.2, 0.25) is 0 Å². The van der Waals surface area contributed by atoms with E-state index in [0.717, 1.165) is 5.56 Å². The van der Waals surface area contributed by atoms with Crippen molar-refractivity contribution in [2.24, 2.45) is 5.92 Å². The zero-order valence-corrected chi connectivity index (χ0v) is 10.3. The summed E-state index contributed by atoms with van der Waals surface area (Å²) in [6.45, 7) is 1.76. The lowest BCUT2D eigenvalue weighted by Gasteiger charge is -2.18. The number of carbonyl (C=O) groups is 1. The molecule has 0 aliphatic carbocycles. The fraction of sp³-hybridized carbons (Fsp3) is 0.188. The second kappa shape index (κ2) is 5.61. The lowest BCUT2D eigenvalue weighted by Crippen LogP contribution is -2.19. The minimum absolute atomic E-state index is 0.0352. The second-order valence-electron chi connectivity index (χ2n) is 4.37. The maximum absolute atomic E-state index is 12.2. The van der Waals surface area contributed by atoms with Crippen molar-refractivity contribution in [3.8, 4) is 0 Å². The molecule has 0 aliphatic rings. The van der Waals surface area contributed by atoms with Crippen molar-refractivity contribution in [2.45, 2.75) is 13.0 Å². The van der Waals surface area contributed by atoms with Gasteiger partial charge in [0, 0.05) is 11.5 Å². The van der Waals surface area contributed by atoms with E-state index in [0.29, 0.717) is 5.56 Å². The number of hydrogen-bond acceptors (Lipinski definition) is 2. The quantitative estimate of drug-likeness (QED) is 0.833. The first kappa shape index (κ1) is 12.5. The molecule has 0 radical (unpaired) electrons. The summed E-state index contributed by atoms with van der Waals surface area (Å²) >= 11 is 0. The number of rotatable bonds is 4. The van der Waals surface area contributed by atoms with Crippen LogP contribution in [0.2, 0.25) is 0 Å². The first-order chi connectivity index (χ1) is 8.70. The van der Waals surface area contributed by atoms with Gasteiger partial charge in [-0.1, -0.05) is 67.6 Å². The van der Waals surface area contributed by atoms with Gasteiger partial charge in [-0.05, 0) is 5.56 Å². The van der Waals surface area contributed by atoms with E-state index < -0.39 is 12.0 Å². The van der Waals surface area contributed by atoms with Gasteiger partial charge in [0.05, 0.1) is 6.10 Å². The Hall–Kier alpha value is -1.93. The third-order valence-corrected chi connectivity index (χ3v) is 3.09. The monoisotopic (exact) mass is 240 g/mol. The highest BCUT2D eigenvalue weighted by molar-refractivity contribution is 5.98. The molecule has 2 heteroatoms. The average molecular weight is 240 g/mol. The van der Waals surface area contributed by atoms with Gasteiger partial charge in [-0.25, -0.2) is 0 Å². The molecule has 92 valence electrons. The fourth-order valence-corrected chi connectivity index (χ4v) is 1.95. The molecule has 0 saturated heterocycles. The van der Waals surface area contributed by atoms with E-state index in [4.69, 9.17) is 0 Å². The molecule has 2 aromatic carbocycles. The van der Waals surface area contributed by atoms with Crippen LogP contribution in [0.25, 0.3) is 0 Å². The summed E-state index contributed by atoms with van der Waals surface area (Å²) in [5, 5.41) is 10.2. The van der Waals surface area contributed by atoms with Crippen LogP contribution >= 0.6 is 0 Å². The summed E-state index contributed by atoms with van der Waals surface area (Å²) in [5.41, 5.74) is 1.41. The number of hydrogen-bond donors (Lipinski definition) is 1. The topological polar surface area (TPSA) is 37.3 Å². The van der Waals surface area contributed by atoms with Crippen LogP contribution < -0.4 is 0 Å². The van der Waals surface area contributed by atoms with E-state index in [-0.39, 0.29) is 5.78 Å². The predicted molar refractivity (Wildman–Crippen MR) is 71.3 cm³/mol. The minimum atomic E-state index is -0.765. The van der Waals surface area contributed by atoms with E-state index >= 15 is 0 Å². The highest BCUT2D eigenvalue weighted by Gasteiger charge is 2.24. The van der Waals surface area contributed by atoms with Gasteiger partial charge >= 0.3 is 0 Å². The number of ketones is 1. The fourth-order valence-electron chi connectivity index (χ4n) is 1.95. The zero-order chi connectivity index (χ0) is 13.0. The van der Waals surface area contributed by atoms with E-state index in [1.165, 1.54) is 0 Å². The van der Waals surface area contributed by atoms with Gasteiger partial charge in [-0.2, -0.15) is 0 Å². The maximum atomic E-state index is 12.2. The molecule has 0 bridgehead atoms. The SMILES string of the molecule is C[C@@H](C(=O)c1ccccc1)[C@@H](O)c1ccccc1. The zero-order valence-electron chi connectivity index (χ0n) is 10.3. The normalized spacial score (nSPS) is 13.9. The van der Waals surface area contributed by atoms with Gasteiger partial charge in [0.15, 0.2) is 5.78 Å². The van der Waals surface area contributed by atoms with Crippen molar-refractivity contribution in [1.29, 1.82) is 0 Å². The van der Waals surface area contributed by atoms with Crippen LogP contribution in [-0.4, -0.2) is 10.9 Å². The molecule has 2 nitrogen and oxygen atoms in total. The molecule has 0 amide bonds. The second-order valence-corrected chi connectivity index (χ2v) is 4.37. The summed E-state index contributed by atoms with van der Waals surface area (Å²) in [7, 11) is 0. The molecule has 1 N–H and O–H groups in total. The Morgan fingerprint density at radius 2 is 1.44 bits per heavy atom. The van der Waals surface area contributed by atoms with Crippen LogP contribution in [0.15, 0.2) is 60.7 Å². The molecule has 0 fully saturated rings. The Morgan fingerprint density at radius 1 is 0.944 bits per heavy atom. The van der Waals surface area contributed by atoms with Crippen molar-refractivity contribution in [1.82, 2.24) is 0 Å². The van der Waals surface area contributed by atoms with Gasteiger partial charge in [-0.15, -0.1) is 0 Å². The summed E-state index contributed by atoms with van der Waals surface area (Å²) in [5.74, 6) is -0.484. The minimum Gasteiger partial charge on any atom is -0.388 e. The Labute approximate surface area is 107 Å². The lowest BCUT2D eigenvalue weighted by molar-refractivity contribution is 0.0714. The first-order valence-electron chi connectivity index (χ1n) is 6.02. The first-order valence-corrected chi connectivity index (χ1v) is 6.02. The Morgan fingerprint density at radius 3 is 2.00 bits per heavy atom. The van der Waals surface area contributed by atoms with Crippen molar-refractivity contribution in [2.75, 3.05) is 0 Å². The van der Waals surface area contributed by atoms with E-state index in [9.17, 15) is 9.90 Å². The highest BCUT2D eigenvalue weighted by atomic mass is 16.3. The van der Waals surface area contributed by atoms with Gasteiger partial charge in [0.1, 0.15) is 0 Å². The molecule has 2 aromatic rings. The molecule has 2 atom stereocenters. The predicted octanol–water partition coefficient (Wildman–Crippen LogP) is 3.24. The van der Waals surface area contributed by atoms with Gasteiger partial charge in [0.25, 0.3) is 0 Å². The number of aliphatic hydroxyl groups is 1. The van der Waals surface area contributed by atoms with Crippen LogP contribution in [0.4, 0.5) is 0 Å². The van der Waals surface area contributed by atoms with Gasteiger partial charge in [-0.3, -0.25) is 4.79 Å². The van der Waals surface area contributed by atoms with E-state index in [1.54, 1.807) is 19.1 Å². The standard InChI is InChI=1S/C16H16O2/c1-12(15(17)13-8-4-2-5-9-13)16(18)14-10-6-3-7-11-14/h2-12,15,17H,1H3/t12-,15-/m1/s1. The van der Waals surface area contributed by atoms with Gasteiger partial charge < -0.3 is 5.11 Å². The maximum Gasteiger partial charge on any atom is 0.168 e. The average Bonchev–Trinajstić information content (AvgIpc) is 2.47. The van der Waals surface area contributed by atoms with Crippen LogP contribution in [0, 0.1) is 5.92 Å². The smallest absolute Gasteiger partial charge is 0.168 e. The molecule has 0 unspecified atom stereocenters. The molecule has 0 aromatic heterocycles. The Kier molecular flexibility index (Phi) is 3.90. The molecule has 2 rings (SSSR count). The number of aliphatic hydroxyl groups excluding tert-OH is 1. The lowest BCUT2D eigenvalue weighted by atomic mass is 9.90. The number of Topliss-reactive ketones (excluding diaryl/α,β-unsaturated/α-hetero) is 1. The summed E-state index contributed by atoms with van der Waals surface area (Å²) in [6.07, 6.45) is -0.765. The van der Waals surface area contributed by atoms with Crippen molar-refractivity contribution in [3.05, 3.63) is 71.8 Å². The number of carbonyl (C=O) groups excluding carboxylic acids is 1. The summed E-state index contributed by atoms with van der Waals surface area (Å²) in [6, 6.07) is 18.3. The Bertz CT molecular complexity index is 505. The molecular weight excluding hydrogens is 224 g/mol. The van der Waals surface area contributed by atoms with Crippen LogP contribution in [0.5, 0.6) is 0 Å². The third kappa shape index (κ3) is 2.66. The van der Waals surface area contributed by atoms with Crippen LogP contribution in [-0.2, 0) is 0 Å². The largest absolute Gasteiger partial charge is 0.388 e. The molecular formula is C16H16O2. The highest BCUT2D eigenvalue weighted by Crippen LogP contribution is 2.24. The molecule has 0 aliphatic heterocycles. The van der Waals surface area contributed by atoms with Crippen LogP contribution in [0.3, 0.4) is 0 Å². The van der Waals surface area contributed by atoms with Crippen LogP contribution in [0.1, 0.15) is 28.9 Å². The van der Waals surface area contributed by atoms with E-state index in [2.05, 4.69) is 0 Å². The van der Waals surface area contributed by atoms with Crippen molar-refractivity contribution in [3.63, 3.8) is 0 Å². The van der Waals surface area contributed by atoms with E-state index in [1.807, 2.05) is 48.5 Å². The van der Waals surface area contributed by atoms with Crippen molar-refractivity contribution >= 4 is 5.78 Å².